The van der Waals surface area contributed by atoms with Gasteiger partial charge in [0, 0.05) is 12.1 Å². The Hall–Kier alpha value is -1.19. The second kappa shape index (κ2) is 12.0. The van der Waals surface area contributed by atoms with Crippen molar-refractivity contribution < 1.29 is 19.4 Å². The molecule has 2 amide bonds. The highest BCUT2D eigenvalue weighted by atomic mass is 32.2. The van der Waals surface area contributed by atoms with Gasteiger partial charge in [-0.25, -0.2) is 4.79 Å². The summed E-state index contributed by atoms with van der Waals surface area (Å²) in [6, 6.07) is 0.447. The van der Waals surface area contributed by atoms with Gasteiger partial charge in [0.05, 0.1) is 23.8 Å². The molecule has 33 heavy (non-hydrogen) atoms. The zero-order chi connectivity index (χ0) is 24.0. The van der Waals surface area contributed by atoms with Crippen LogP contribution < -0.4 is 5.32 Å². The monoisotopic (exact) mass is 497 g/mol. The molecule has 1 atom stereocenters. The van der Waals surface area contributed by atoms with Crippen LogP contribution in [0.25, 0.3) is 0 Å². The van der Waals surface area contributed by atoms with Crippen molar-refractivity contribution in [1.29, 1.82) is 0 Å². The average molecular weight is 498 g/mol. The fraction of sp³-hybridized carbons (Fsp3) is 0.792. The Kier molecular flexibility index (Phi) is 9.59. The number of thioether (sulfide) groups is 2. The third kappa shape index (κ3) is 7.65. The van der Waals surface area contributed by atoms with E-state index < -0.39 is 10.7 Å². The van der Waals surface area contributed by atoms with Gasteiger partial charge >= 0.3 is 12.0 Å². The first kappa shape index (κ1) is 26.4. The van der Waals surface area contributed by atoms with Crippen molar-refractivity contribution in [3.63, 3.8) is 0 Å². The number of nitrogens with one attached hydrogen (secondary N) is 1. The lowest BCUT2D eigenvalue weighted by Crippen LogP contribution is -2.54. The molecule has 0 saturated heterocycles. The SMILES string of the molecule is C=C(C)CO[C@H]1CC[C@H](N(C(=O)NC2=NCC(SC(C)(C)C(=O)O)S2)C2CCCCC2)CC1. The summed E-state index contributed by atoms with van der Waals surface area (Å²) < 4.78 is 5.08. The van der Waals surface area contributed by atoms with Crippen LogP contribution in [-0.2, 0) is 9.53 Å². The molecule has 1 unspecified atom stereocenters. The molecule has 2 saturated carbocycles. The number of nitrogens with zero attached hydrogens (tertiary/aromatic N) is 2. The van der Waals surface area contributed by atoms with E-state index in [0.29, 0.717) is 18.3 Å². The first-order valence-electron chi connectivity index (χ1n) is 12.1. The van der Waals surface area contributed by atoms with Gasteiger partial charge in [0.1, 0.15) is 4.75 Å². The zero-order valence-corrected chi connectivity index (χ0v) is 21.8. The molecule has 2 fully saturated rings. The minimum Gasteiger partial charge on any atom is -0.480 e. The van der Waals surface area contributed by atoms with Crippen LogP contribution in [0.4, 0.5) is 4.79 Å². The van der Waals surface area contributed by atoms with Crippen molar-refractivity contribution in [2.75, 3.05) is 13.2 Å². The molecule has 0 radical (unpaired) electrons. The maximum absolute atomic E-state index is 13.5. The van der Waals surface area contributed by atoms with Crippen molar-refractivity contribution in [1.82, 2.24) is 10.2 Å². The largest absolute Gasteiger partial charge is 0.480 e. The summed E-state index contributed by atoms with van der Waals surface area (Å²) in [5.74, 6) is -0.836. The Bertz CT molecular complexity index is 744. The van der Waals surface area contributed by atoms with E-state index >= 15 is 0 Å². The van der Waals surface area contributed by atoms with Gasteiger partial charge in [-0.05, 0) is 59.3 Å². The molecular weight excluding hydrogens is 458 g/mol. The maximum Gasteiger partial charge on any atom is 0.323 e. The minimum atomic E-state index is -0.883. The van der Waals surface area contributed by atoms with Crippen molar-refractivity contribution in [2.45, 2.75) is 106 Å². The third-order valence-electron chi connectivity index (χ3n) is 6.59. The van der Waals surface area contributed by atoms with Crippen LogP contribution in [0.3, 0.4) is 0 Å². The van der Waals surface area contributed by atoms with Gasteiger partial charge in [-0.15, -0.1) is 11.8 Å². The number of hydrogen-bond acceptors (Lipinski definition) is 6. The van der Waals surface area contributed by atoms with E-state index in [0.717, 1.165) is 44.1 Å². The number of carboxylic acids is 1. The Labute approximate surface area is 206 Å². The van der Waals surface area contributed by atoms with Gasteiger partial charge in [0.15, 0.2) is 5.17 Å². The summed E-state index contributed by atoms with van der Waals surface area (Å²) >= 11 is 2.85. The van der Waals surface area contributed by atoms with Gasteiger partial charge in [-0.3, -0.25) is 15.1 Å². The van der Waals surface area contributed by atoms with Gasteiger partial charge < -0.3 is 14.7 Å². The number of hydrogen-bond donors (Lipinski definition) is 2. The summed E-state index contributed by atoms with van der Waals surface area (Å²) in [7, 11) is 0. The highest BCUT2D eigenvalue weighted by Crippen LogP contribution is 2.38. The van der Waals surface area contributed by atoms with Crippen LogP contribution in [0.2, 0.25) is 0 Å². The number of carboxylic acid groups (broad SMARTS) is 1. The van der Waals surface area contributed by atoms with Crippen LogP contribution in [0, 0.1) is 0 Å². The molecule has 9 heteroatoms. The quantitative estimate of drug-likeness (QED) is 0.445. The summed E-state index contributed by atoms with van der Waals surface area (Å²) in [6.07, 6.45) is 9.79. The summed E-state index contributed by atoms with van der Waals surface area (Å²) in [4.78, 5) is 31.5. The predicted molar refractivity (Wildman–Crippen MR) is 137 cm³/mol. The normalized spacial score (nSPS) is 26.5. The van der Waals surface area contributed by atoms with E-state index in [1.807, 2.05) is 6.92 Å². The Morgan fingerprint density at radius 1 is 1.18 bits per heavy atom. The molecule has 1 heterocycles. The molecule has 186 valence electrons. The lowest BCUT2D eigenvalue weighted by Gasteiger charge is -2.42. The minimum absolute atomic E-state index is 0.00423. The molecule has 0 aromatic rings. The van der Waals surface area contributed by atoms with E-state index in [-0.39, 0.29) is 28.8 Å². The van der Waals surface area contributed by atoms with Crippen LogP contribution in [0.15, 0.2) is 17.1 Å². The van der Waals surface area contributed by atoms with Crippen molar-refractivity contribution in [3.8, 4) is 0 Å². The zero-order valence-electron chi connectivity index (χ0n) is 20.2. The Morgan fingerprint density at radius 3 is 2.42 bits per heavy atom. The van der Waals surface area contributed by atoms with Crippen LogP contribution in [0.1, 0.15) is 78.6 Å². The molecule has 7 nitrogen and oxygen atoms in total. The summed E-state index contributed by atoms with van der Waals surface area (Å²) in [6.45, 7) is 10.4. The molecular formula is C24H39N3O4S2. The van der Waals surface area contributed by atoms with E-state index in [2.05, 4.69) is 21.8 Å². The molecule has 1 aliphatic heterocycles. The highest BCUT2D eigenvalue weighted by Gasteiger charge is 2.37. The van der Waals surface area contributed by atoms with E-state index in [4.69, 9.17) is 4.74 Å². The Morgan fingerprint density at radius 2 is 1.82 bits per heavy atom. The van der Waals surface area contributed by atoms with E-state index in [1.54, 1.807) is 13.8 Å². The lowest BCUT2D eigenvalue weighted by molar-refractivity contribution is -0.138. The summed E-state index contributed by atoms with van der Waals surface area (Å²) in [5, 5.41) is 13.1. The number of ether oxygens (including phenoxy) is 1. The van der Waals surface area contributed by atoms with Crippen molar-refractivity contribution >= 4 is 40.7 Å². The predicted octanol–water partition coefficient (Wildman–Crippen LogP) is 5.26. The van der Waals surface area contributed by atoms with E-state index in [1.165, 1.54) is 42.8 Å². The number of amidine groups is 1. The Balaban J connectivity index is 1.58. The molecule has 0 aromatic heterocycles. The van der Waals surface area contributed by atoms with Crippen molar-refractivity contribution in [3.05, 3.63) is 12.2 Å². The van der Waals surface area contributed by atoms with Crippen LogP contribution in [-0.4, -0.2) is 67.8 Å². The number of carbonyl (C=O) groups is 2. The second-order valence-corrected chi connectivity index (χ2v) is 13.3. The second-order valence-electron chi connectivity index (χ2n) is 9.95. The molecule has 2 aliphatic carbocycles. The smallest absolute Gasteiger partial charge is 0.323 e. The first-order chi connectivity index (χ1) is 15.7. The number of carbonyl (C=O) groups excluding carboxylic acids is 1. The van der Waals surface area contributed by atoms with Gasteiger partial charge in [0.25, 0.3) is 0 Å². The molecule has 0 spiro atoms. The third-order valence-corrected chi connectivity index (χ3v) is 9.21. The average Bonchev–Trinajstić information content (AvgIpc) is 3.19. The lowest BCUT2D eigenvalue weighted by atomic mass is 9.88. The number of rotatable bonds is 8. The van der Waals surface area contributed by atoms with E-state index in [9.17, 15) is 14.7 Å². The maximum atomic E-state index is 13.5. The number of urea groups is 1. The molecule has 3 aliphatic rings. The molecule has 0 aromatic carbocycles. The topological polar surface area (TPSA) is 91.2 Å². The number of aliphatic carboxylic acids is 1. The molecule has 2 N–H and O–H groups in total. The van der Waals surface area contributed by atoms with Crippen LogP contribution >= 0.6 is 23.5 Å². The van der Waals surface area contributed by atoms with Crippen LogP contribution in [0.5, 0.6) is 0 Å². The molecule has 3 rings (SSSR count). The first-order valence-corrected chi connectivity index (χ1v) is 13.9. The van der Waals surface area contributed by atoms with Gasteiger partial charge in [-0.1, -0.05) is 43.2 Å². The van der Waals surface area contributed by atoms with Gasteiger partial charge in [0.2, 0.25) is 0 Å². The standard InChI is InChI=1S/C24H39N3O4S2/c1-16(2)15-31-19-12-10-18(11-13-19)27(17-8-6-5-7-9-17)23(30)26-22-25-14-20(32-22)33-24(3,4)21(28)29/h17-20H,1,5-15H2,2-4H3,(H,28,29)(H,25,26,30)/t18-,19-,20?. The van der Waals surface area contributed by atoms with Gasteiger partial charge in [-0.2, -0.15) is 0 Å². The number of amides is 2. The highest BCUT2D eigenvalue weighted by molar-refractivity contribution is 8.25. The fourth-order valence-electron chi connectivity index (χ4n) is 4.76. The summed E-state index contributed by atoms with van der Waals surface area (Å²) in [5.41, 5.74) is 1.04. The fourth-order valence-corrected chi connectivity index (χ4v) is 7.55. The van der Waals surface area contributed by atoms with Crippen molar-refractivity contribution in [2.24, 2.45) is 4.99 Å². The number of aliphatic imine (C=N–C) groups is 1. The molecule has 0 bridgehead atoms.